The van der Waals surface area contributed by atoms with E-state index in [0.29, 0.717) is 9.90 Å². The predicted octanol–water partition coefficient (Wildman–Crippen LogP) is 2.50. The highest BCUT2D eigenvalue weighted by Gasteiger charge is 2.17. The van der Waals surface area contributed by atoms with Crippen molar-refractivity contribution in [3.63, 3.8) is 0 Å². The van der Waals surface area contributed by atoms with Gasteiger partial charge in [-0.3, -0.25) is 4.72 Å². The molecule has 6 heteroatoms. The fourth-order valence-corrected chi connectivity index (χ4v) is 4.64. The van der Waals surface area contributed by atoms with E-state index in [1.165, 1.54) is 22.5 Å². The average Bonchev–Trinajstić information content (AvgIpc) is 2.86. The summed E-state index contributed by atoms with van der Waals surface area (Å²) in [5.41, 5.74) is 3.08. The van der Waals surface area contributed by atoms with Crippen LogP contribution in [0.3, 0.4) is 0 Å². The minimum Gasteiger partial charge on any atom is -0.312 e. The number of sulfonamides is 1. The summed E-state index contributed by atoms with van der Waals surface area (Å²) in [6.07, 6.45) is 0.993. The third-order valence-corrected chi connectivity index (χ3v) is 6.20. The molecule has 0 atom stereocenters. The van der Waals surface area contributed by atoms with Crippen molar-refractivity contribution >= 4 is 27.0 Å². The van der Waals surface area contributed by atoms with Gasteiger partial charge in [0.25, 0.3) is 10.0 Å². The lowest BCUT2D eigenvalue weighted by Crippen LogP contribution is -2.23. The minimum atomic E-state index is -3.47. The van der Waals surface area contributed by atoms with Crippen LogP contribution < -0.4 is 10.0 Å². The lowest BCUT2D eigenvalue weighted by Gasteiger charge is -2.18. The van der Waals surface area contributed by atoms with Gasteiger partial charge in [0.05, 0.1) is 0 Å². The Hall–Kier alpha value is -1.37. The number of benzene rings is 1. The Morgan fingerprint density at radius 3 is 2.80 bits per heavy atom. The van der Waals surface area contributed by atoms with Crippen molar-refractivity contribution in [1.82, 2.24) is 5.32 Å². The van der Waals surface area contributed by atoms with Gasteiger partial charge < -0.3 is 5.32 Å². The summed E-state index contributed by atoms with van der Waals surface area (Å²) in [5.74, 6) is 0. The van der Waals surface area contributed by atoms with E-state index < -0.39 is 10.0 Å². The molecule has 0 bridgehead atoms. The molecule has 0 spiro atoms. The van der Waals surface area contributed by atoms with Gasteiger partial charge in [0, 0.05) is 17.1 Å². The Bertz CT molecular complexity index is 735. The van der Waals surface area contributed by atoms with Crippen molar-refractivity contribution in [3.8, 4) is 0 Å². The summed E-state index contributed by atoms with van der Waals surface area (Å²) < 4.78 is 27.5. The van der Waals surface area contributed by atoms with Crippen LogP contribution in [0.1, 0.15) is 16.0 Å². The topological polar surface area (TPSA) is 58.2 Å². The summed E-state index contributed by atoms with van der Waals surface area (Å²) in [6.45, 7) is 3.67. The second kappa shape index (κ2) is 5.20. The van der Waals surface area contributed by atoms with E-state index in [0.717, 1.165) is 24.4 Å². The van der Waals surface area contributed by atoms with Gasteiger partial charge >= 0.3 is 0 Å². The highest BCUT2D eigenvalue weighted by atomic mass is 32.2. The third-order valence-electron chi connectivity index (χ3n) is 3.33. The maximum absolute atomic E-state index is 12.3. The molecule has 20 heavy (non-hydrogen) atoms. The van der Waals surface area contributed by atoms with Gasteiger partial charge in [-0.2, -0.15) is 0 Å². The first-order chi connectivity index (χ1) is 9.54. The Balaban J connectivity index is 1.87. The van der Waals surface area contributed by atoms with E-state index in [4.69, 9.17) is 0 Å². The molecule has 106 valence electrons. The number of anilines is 1. The minimum absolute atomic E-state index is 0.353. The first-order valence-corrected chi connectivity index (χ1v) is 8.76. The largest absolute Gasteiger partial charge is 0.312 e. The summed E-state index contributed by atoms with van der Waals surface area (Å²) in [5, 5.41) is 3.29. The average molecular weight is 308 g/mol. The van der Waals surface area contributed by atoms with E-state index in [9.17, 15) is 8.42 Å². The van der Waals surface area contributed by atoms with Crippen molar-refractivity contribution in [3.05, 3.63) is 46.3 Å². The third kappa shape index (κ3) is 2.72. The summed E-state index contributed by atoms with van der Waals surface area (Å²) in [6, 6.07) is 9.22. The molecule has 1 aliphatic heterocycles. The second-order valence-electron chi connectivity index (χ2n) is 4.88. The molecule has 0 amide bonds. The maximum atomic E-state index is 12.3. The van der Waals surface area contributed by atoms with Crippen LogP contribution in [-0.2, 0) is 23.0 Å². The van der Waals surface area contributed by atoms with Crippen LogP contribution in [0, 0.1) is 6.92 Å². The van der Waals surface area contributed by atoms with E-state index in [1.54, 1.807) is 6.07 Å². The molecule has 2 N–H and O–H groups in total. The Labute approximate surface area is 122 Å². The van der Waals surface area contributed by atoms with Crippen LogP contribution in [0.2, 0.25) is 0 Å². The molecule has 0 fully saturated rings. The second-order valence-corrected chi connectivity index (χ2v) is 8.08. The monoisotopic (exact) mass is 308 g/mol. The first-order valence-electron chi connectivity index (χ1n) is 6.46. The number of nitrogens with one attached hydrogen (secondary N) is 2. The van der Waals surface area contributed by atoms with Crippen LogP contribution >= 0.6 is 11.3 Å². The molecule has 0 aliphatic carbocycles. The quantitative estimate of drug-likeness (QED) is 0.916. The number of aryl methyl sites for hydroxylation is 1. The first kappa shape index (κ1) is 13.6. The number of thiophene rings is 1. The highest BCUT2D eigenvalue weighted by Crippen LogP contribution is 2.25. The molecule has 4 nitrogen and oxygen atoms in total. The molecule has 0 saturated carbocycles. The summed E-state index contributed by atoms with van der Waals surface area (Å²) in [7, 11) is -3.47. The van der Waals surface area contributed by atoms with Gasteiger partial charge in [0.15, 0.2) is 0 Å². The fraction of sp³-hybridized carbons (Fsp3) is 0.286. The smallest absolute Gasteiger partial charge is 0.271 e. The van der Waals surface area contributed by atoms with Crippen LogP contribution in [-0.4, -0.2) is 15.0 Å². The van der Waals surface area contributed by atoms with Gasteiger partial charge in [-0.25, -0.2) is 8.42 Å². The van der Waals surface area contributed by atoms with Crippen LogP contribution in [0.5, 0.6) is 0 Å². The molecular formula is C14H16N2O2S2. The highest BCUT2D eigenvalue weighted by molar-refractivity contribution is 7.94. The van der Waals surface area contributed by atoms with E-state index in [-0.39, 0.29) is 0 Å². The molecule has 2 heterocycles. The van der Waals surface area contributed by atoms with Crippen molar-refractivity contribution in [1.29, 1.82) is 0 Å². The SMILES string of the molecule is Cc1ccc(S(=O)(=O)Nc2ccc3c(c2)CNCC3)s1. The van der Waals surface area contributed by atoms with Gasteiger partial charge in [0.1, 0.15) is 4.21 Å². The van der Waals surface area contributed by atoms with E-state index in [1.807, 2.05) is 31.2 Å². The van der Waals surface area contributed by atoms with Crippen LogP contribution in [0.15, 0.2) is 34.5 Å². The maximum Gasteiger partial charge on any atom is 0.271 e. The summed E-state index contributed by atoms with van der Waals surface area (Å²) >= 11 is 1.28. The van der Waals surface area contributed by atoms with Crippen molar-refractivity contribution < 1.29 is 8.42 Å². The zero-order valence-corrected chi connectivity index (χ0v) is 12.8. The molecule has 0 saturated heterocycles. The Kier molecular flexibility index (Phi) is 3.54. The number of hydrogen-bond acceptors (Lipinski definition) is 4. The van der Waals surface area contributed by atoms with Gasteiger partial charge in [-0.15, -0.1) is 11.3 Å². The fourth-order valence-electron chi connectivity index (χ4n) is 2.31. The number of rotatable bonds is 3. The molecular weight excluding hydrogens is 292 g/mol. The standard InChI is InChI=1S/C14H16N2O2S2/c1-10-2-5-14(19-10)20(17,18)16-13-4-3-11-6-7-15-9-12(11)8-13/h2-5,8,15-16H,6-7,9H2,1H3. The van der Waals surface area contributed by atoms with Crippen LogP contribution in [0.4, 0.5) is 5.69 Å². The van der Waals surface area contributed by atoms with E-state index >= 15 is 0 Å². The molecule has 3 rings (SSSR count). The lowest BCUT2D eigenvalue weighted by atomic mass is 10.0. The van der Waals surface area contributed by atoms with Crippen molar-refractivity contribution in [2.75, 3.05) is 11.3 Å². The van der Waals surface area contributed by atoms with Crippen LogP contribution in [0.25, 0.3) is 0 Å². The zero-order chi connectivity index (χ0) is 14.2. The molecule has 1 aromatic carbocycles. The molecule has 0 unspecified atom stereocenters. The Morgan fingerprint density at radius 2 is 2.05 bits per heavy atom. The van der Waals surface area contributed by atoms with E-state index in [2.05, 4.69) is 10.0 Å². The number of fused-ring (bicyclic) bond motifs is 1. The lowest BCUT2D eigenvalue weighted by molar-refractivity contribution is 0.603. The molecule has 2 aromatic rings. The summed E-state index contributed by atoms with van der Waals surface area (Å²) in [4.78, 5) is 0.986. The normalized spacial score (nSPS) is 14.8. The number of hydrogen-bond donors (Lipinski definition) is 2. The van der Waals surface area contributed by atoms with Gasteiger partial charge in [-0.05, 0) is 55.3 Å². The molecule has 0 radical (unpaired) electrons. The Morgan fingerprint density at radius 1 is 1.20 bits per heavy atom. The zero-order valence-electron chi connectivity index (χ0n) is 11.1. The van der Waals surface area contributed by atoms with Gasteiger partial charge in [0.2, 0.25) is 0 Å². The molecule has 1 aromatic heterocycles. The molecule has 1 aliphatic rings. The van der Waals surface area contributed by atoms with Gasteiger partial charge in [-0.1, -0.05) is 6.07 Å². The van der Waals surface area contributed by atoms with Crippen molar-refractivity contribution in [2.45, 2.75) is 24.1 Å². The predicted molar refractivity (Wildman–Crippen MR) is 81.7 cm³/mol. The van der Waals surface area contributed by atoms with Crippen molar-refractivity contribution in [2.24, 2.45) is 0 Å².